The summed E-state index contributed by atoms with van der Waals surface area (Å²) >= 11 is 0. The predicted molar refractivity (Wildman–Crippen MR) is 74.6 cm³/mol. The van der Waals surface area contributed by atoms with Crippen molar-refractivity contribution < 1.29 is 28.7 Å². The molecule has 1 N–H and O–H groups in total. The number of carbonyl (C=O) groups is 1. The topological polar surface area (TPSA) is 74.2 Å². The fourth-order valence-corrected chi connectivity index (χ4v) is 2.06. The number of aliphatic hydroxyl groups excluding tert-OH is 1. The van der Waals surface area contributed by atoms with Crippen molar-refractivity contribution in [1.29, 1.82) is 0 Å². The predicted octanol–water partition coefficient (Wildman–Crippen LogP) is -0.883. The molecular formula is C12H12B3O6. The maximum absolute atomic E-state index is 11.8. The molecule has 21 heavy (non-hydrogen) atoms. The molecule has 0 bridgehead atoms. The summed E-state index contributed by atoms with van der Waals surface area (Å²) < 4.78 is 20.0. The molecule has 3 radical (unpaired) electrons. The molecule has 105 valence electrons. The van der Waals surface area contributed by atoms with E-state index in [-0.39, 0.29) is 6.61 Å². The minimum absolute atomic E-state index is 0.142. The molecule has 1 fully saturated rings. The van der Waals surface area contributed by atoms with E-state index in [1.807, 2.05) is 0 Å². The van der Waals surface area contributed by atoms with Crippen molar-refractivity contribution in [2.75, 3.05) is 6.61 Å². The molecule has 0 amide bonds. The van der Waals surface area contributed by atoms with Crippen LogP contribution in [0.25, 0.3) is 0 Å². The summed E-state index contributed by atoms with van der Waals surface area (Å²) in [5.74, 6) is -0.515. The molecule has 1 aromatic rings. The maximum atomic E-state index is 11.8. The van der Waals surface area contributed by atoms with Crippen molar-refractivity contribution in [3.05, 3.63) is 35.9 Å². The summed E-state index contributed by atoms with van der Waals surface area (Å²) in [7, 11) is 11.2. The first-order valence-electron chi connectivity index (χ1n) is 6.27. The van der Waals surface area contributed by atoms with Crippen molar-refractivity contribution >= 4 is 28.4 Å². The third-order valence-corrected chi connectivity index (χ3v) is 3.07. The van der Waals surface area contributed by atoms with Crippen LogP contribution in [0.3, 0.4) is 0 Å². The second-order valence-corrected chi connectivity index (χ2v) is 4.37. The third kappa shape index (κ3) is 3.81. The van der Waals surface area contributed by atoms with Gasteiger partial charge in [0.1, 0.15) is 0 Å². The molecule has 1 heterocycles. The Morgan fingerprint density at radius 1 is 1.33 bits per heavy atom. The molecule has 1 aliphatic rings. The first kappa shape index (κ1) is 15.9. The van der Waals surface area contributed by atoms with Crippen molar-refractivity contribution in [2.45, 2.75) is 24.6 Å². The normalized spacial score (nSPS) is 27.8. The van der Waals surface area contributed by atoms with Crippen LogP contribution in [0.5, 0.6) is 0 Å². The molecule has 4 atom stereocenters. The van der Waals surface area contributed by atoms with Gasteiger partial charge in [-0.15, -0.1) is 0 Å². The third-order valence-electron chi connectivity index (χ3n) is 3.07. The Kier molecular flexibility index (Phi) is 5.72. The van der Waals surface area contributed by atoms with Crippen molar-refractivity contribution in [1.82, 2.24) is 0 Å². The Bertz CT molecular complexity index is 485. The van der Waals surface area contributed by atoms with Gasteiger partial charge < -0.3 is 0 Å². The number of rotatable bonds is 6. The van der Waals surface area contributed by atoms with Gasteiger partial charge in [-0.05, 0) is 0 Å². The van der Waals surface area contributed by atoms with Crippen LogP contribution >= 0.6 is 0 Å². The second kappa shape index (κ2) is 7.54. The van der Waals surface area contributed by atoms with Crippen LogP contribution in [0.15, 0.2) is 30.3 Å². The molecule has 0 aromatic heterocycles. The molecule has 0 spiro atoms. The molecule has 1 aromatic carbocycles. The van der Waals surface area contributed by atoms with E-state index in [1.165, 1.54) is 0 Å². The van der Waals surface area contributed by atoms with Crippen molar-refractivity contribution in [3.63, 3.8) is 0 Å². The number of carbonyl (C=O) groups excluding carboxylic acids is 1. The molecule has 1 aliphatic heterocycles. The molecular weight excluding hydrogens is 273 g/mol. The summed E-state index contributed by atoms with van der Waals surface area (Å²) in [6.07, 6.45) is -3.75. The van der Waals surface area contributed by atoms with Gasteiger partial charge in [0, 0.05) is 0 Å². The molecule has 6 nitrogen and oxygen atoms in total. The van der Waals surface area contributed by atoms with E-state index < -0.39 is 30.6 Å². The SMILES string of the molecule is [B]O[C@@H]1[C@@H](COC(=O)c2ccccc2)OC(O)[C@@H]1OB=[B]. The van der Waals surface area contributed by atoms with E-state index in [1.54, 1.807) is 30.3 Å². The van der Waals surface area contributed by atoms with Gasteiger partial charge >= 0.3 is 124 Å². The quantitative estimate of drug-likeness (QED) is 0.540. The van der Waals surface area contributed by atoms with Crippen LogP contribution in [0, 0.1) is 0 Å². The first-order valence-corrected chi connectivity index (χ1v) is 6.27. The van der Waals surface area contributed by atoms with Gasteiger partial charge in [0.05, 0.1) is 0 Å². The molecule has 1 saturated heterocycles. The number of ether oxygens (including phenoxy) is 2. The van der Waals surface area contributed by atoms with E-state index in [2.05, 4.69) is 0 Å². The Morgan fingerprint density at radius 2 is 2.05 bits per heavy atom. The zero-order valence-electron chi connectivity index (χ0n) is 11.1. The number of hydrogen-bond donors (Lipinski definition) is 1. The van der Waals surface area contributed by atoms with Gasteiger partial charge in [0.15, 0.2) is 0 Å². The van der Waals surface area contributed by atoms with E-state index in [4.69, 9.17) is 34.2 Å². The summed E-state index contributed by atoms with van der Waals surface area (Å²) in [5.41, 5.74) is 0.407. The Hall–Kier alpha value is -1.44. The summed E-state index contributed by atoms with van der Waals surface area (Å²) in [4.78, 5) is 11.8. The molecule has 1 unspecified atom stereocenters. The number of aliphatic hydroxyl groups is 1. The Morgan fingerprint density at radius 3 is 2.67 bits per heavy atom. The van der Waals surface area contributed by atoms with Gasteiger partial charge in [-0.1, -0.05) is 0 Å². The van der Waals surface area contributed by atoms with Crippen LogP contribution in [0.2, 0.25) is 0 Å². The van der Waals surface area contributed by atoms with E-state index in [0.717, 1.165) is 7.00 Å². The van der Waals surface area contributed by atoms with Gasteiger partial charge in [-0.3, -0.25) is 0 Å². The van der Waals surface area contributed by atoms with Crippen LogP contribution in [-0.4, -0.2) is 64.7 Å². The zero-order valence-corrected chi connectivity index (χ0v) is 11.1. The molecule has 9 heteroatoms. The zero-order chi connectivity index (χ0) is 15.2. The van der Waals surface area contributed by atoms with E-state index in [0.29, 0.717) is 5.56 Å². The molecule has 2 rings (SSSR count). The van der Waals surface area contributed by atoms with Crippen LogP contribution in [0.4, 0.5) is 0 Å². The number of esters is 1. The van der Waals surface area contributed by atoms with Crippen LogP contribution in [0.1, 0.15) is 10.4 Å². The fraction of sp³-hybridized carbons (Fsp3) is 0.417. The number of benzene rings is 1. The van der Waals surface area contributed by atoms with Crippen LogP contribution in [-0.2, 0) is 18.8 Å². The van der Waals surface area contributed by atoms with Crippen LogP contribution < -0.4 is 0 Å². The van der Waals surface area contributed by atoms with E-state index in [9.17, 15) is 9.90 Å². The summed E-state index contributed by atoms with van der Waals surface area (Å²) in [5, 5.41) is 9.68. The monoisotopic (exact) mass is 285 g/mol. The standard InChI is InChI=1S/C12H12B3O6/c13-15-21-10-9(20-14)8(19-12(10)17)6-18-11(16)7-4-2-1-3-5-7/h1-5,8-10,12,17H,6H2/t8-,9-,10-,12?/m1/s1. The number of hydrogen-bond acceptors (Lipinski definition) is 6. The van der Waals surface area contributed by atoms with Gasteiger partial charge in [-0.2, -0.15) is 0 Å². The average molecular weight is 285 g/mol. The fourth-order valence-electron chi connectivity index (χ4n) is 2.06. The van der Waals surface area contributed by atoms with Crippen molar-refractivity contribution in [2.24, 2.45) is 0 Å². The van der Waals surface area contributed by atoms with Gasteiger partial charge in [0.25, 0.3) is 0 Å². The molecule has 0 aliphatic carbocycles. The minimum atomic E-state index is -1.28. The van der Waals surface area contributed by atoms with Crippen molar-refractivity contribution in [3.8, 4) is 0 Å². The van der Waals surface area contributed by atoms with Gasteiger partial charge in [0.2, 0.25) is 0 Å². The summed E-state index contributed by atoms with van der Waals surface area (Å²) in [6, 6.07) is 8.48. The summed E-state index contributed by atoms with van der Waals surface area (Å²) in [6.45, 7) is -0.142. The Labute approximate surface area is 125 Å². The second-order valence-electron chi connectivity index (χ2n) is 4.37. The van der Waals surface area contributed by atoms with E-state index >= 15 is 0 Å². The Balaban J connectivity index is 1.93. The van der Waals surface area contributed by atoms with Gasteiger partial charge in [-0.25, -0.2) is 0 Å². The molecule has 0 saturated carbocycles. The first-order chi connectivity index (χ1) is 10.2. The average Bonchev–Trinajstić information content (AvgIpc) is 2.81.